The average Bonchev–Trinajstić information content (AvgIpc) is 2.64. The number of ether oxygens (including phenoxy) is 1. The first-order valence-electron chi connectivity index (χ1n) is 4.01. The summed E-state index contributed by atoms with van der Waals surface area (Å²) in [5.41, 5.74) is 2.20. The van der Waals surface area contributed by atoms with Crippen LogP contribution in [0.5, 0.6) is 0 Å². The fourth-order valence-electron chi connectivity index (χ4n) is 1.58. The fraction of sp³-hybridized carbons (Fsp3) is 0.0909. The minimum Gasteiger partial charge on any atom is -0.481 e. The maximum absolute atomic E-state index is 5.68. The van der Waals surface area contributed by atoms with E-state index in [0.29, 0.717) is 0 Å². The molecule has 0 aromatic rings. The molecule has 0 saturated heterocycles. The lowest BCUT2D eigenvalue weighted by Gasteiger charge is -2.20. The normalized spacial score (nSPS) is 28.7. The monoisotopic (exact) mass is 155 g/mol. The van der Waals surface area contributed by atoms with Crippen LogP contribution in [0.4, 0.5) is 0 Å². The van der Waals surface area contributed by atoms with Crippen molar-refractivity contribution in [2.75, 3.05) is 0 Å². The van der Waals surface area contributed by atoms with E-state index >= 15 is 0 Å². The SMILES string of the molecule is [C]1=C2C=CC=C2OC2C=CC=C12. The second-order valence-corrected chi connectivity index (χ2v) is 2.97. The maximum Gasteiger partial charge on any atom is 0.143 e. The maximum atomic E-state index is 5.68. The zero-order valence-corrected chi connectivity index (χ0v) is 6.45. The minimum absolute atomic E-state index is 0.111. The molecule has 0 N–H and O–H groups in total. The van der Waals surface area contributed by atoms with Gasteiger partial charge < -0.3 is 4.74 Å². The first-order chi connectivity index (χ1) is 5.93. The molecule has 1 unspecified atom stereocenters. The van der Waals surface area contributed by atoms with Crippen LogP contribution in [0.1, 0.15) is 0 Å². The summed E-state index contributed by atoms with van der Waals surface area (Å²) in [5.74, 6) is 0.948. The number of allylic oxidation sites excluding steroid dienone is 5. The largest absolute Gasteiger partial charge is 0.481 e. The van der Waals surface area contributed by atoms with Gasteiger partial charge in [0, 0.05) is 17.2 Å². The van der Waals surface area contributed by atoms with Gasteiger partial charge in [-0.2, -0.15) is 0 Å². The molecular formula is C11H7O. The quantitative estimate of drug-likeness (QED) is 0.520. The number of rotatable bonds is 0. The summed E-state index contributed by atoms with van der Waals surface area (Å²) in [7, 11) is 0. The Labute approximate surface area is 71.0 Å². The van der Waals surface area contributed by atoms with Crippen molar-refractivity contribution < 1.29 is 4.74 Å². The first-order valence-corrected chi connectivity index (χ1v) is 4.01. The topological polar surface area (TPSA) is 9.23 Å². The Morgan fingerprint density at radius 3 is 3.25 bits per heavy atom. The van der Waals surface area contributed by atoms with Gasteiger partial charge in [0.1, 0.15) is 11.9 Å². The Morgan fingerprint density at radius 1 is 1.25 bits per heavy atom. The Balaban J connectivity index is 2.12. The molecule has 1 nitrogen and oxygen atoms in total. The van der Waals surface area contributed by atoms with E-state index in [1.807, 2.05) is 36.5 Å². The van der Waals surface area contributed by atoms with Crippen molar-refractivity contribution in [3.8, 4) is 0 Å². The molecule has 3 rings (SSSR count). The number of hydrogen-bond donors (Lipinski definition) is 0. The number of fused-ring (bicyclic) bond motifs is 2. The molecule has 0 aromatic heterocycles. The lowest BCUT2D eigenvalue weighted by Crippen LogP contribution is -2.14. The second kappa shape index (κ2) is 2.01. The minimum atomic E-state index is 0.111. The highest BCUT2D eigenvalue weighted by Gasteiger charge is 2.24. The predicted molar refractivity (Wildman–Crippen MR) is 46.1 cm³/mol. The Kier molecular flexibility index (Phi) is 1.01. The molecule has 0 aromatic carbocycles. The van der Waals surface area contributed by atoms with Crippen LogP contribution in [0.25, 0.3) is 0 Å². The van der Waals surface area contributed by atoms with Crippen LogP contribution < -0.4 is 0 Å². The summed E-state index contributed by atoms with van der Waals surface area (Å²) < 4.78 is 5.68. The van der Waals surface area contributed by atoms with E-state index in [9.17, 15) is 0 Å². The fourth-order valence-corrected chi connectivity index (χ4v) is 1.58. The lowest BCUT2D eigenvalue weighted by molar-refractivity contribution is 0.189. The van der Waals surface area contributed by atoms with E-state index in [-0.39, 0.29) is 6.10 Å². The molecule has 1 aliphatic heterocycles. The Morgan fingerprint density at radius 2 is 2.25 bits per heavy atom. The predicted octanol–water partition coefficient (Wildman–Crippen LogP) is 2.06. The molecule has 0 amide bonds. The molecule has 57 valence electrons. The molecular weight excluding hydrogens is 148 g/mol. The zero-order chi connectivity index (χ0) is 7.97. The van der Waals surface area contributed by atoms with Crippen LogP contribution in [0.3, 0.4) is 0 Å². The highest BCUT2D eigenvalue weighted by molar-refractivity contribution is 5.52. The summed E-state index contributed by atoms with van der Waals surface area (Å²) in [6.07, 6.45) is 15.5. The highest BCUT2D eigenvalue weighted by Crippen LogP contribution is 2.32. The molecule has 0 spiro atoms. The van der Waals surface area contributed by atoms with Crippen LogP contribution in [0.2, 0.25) is 0 Å². The van der Waals surface area contributed by atoms with E-state index < -0.39 is 0 Å². The summed E-state index contributed by atoms with van der Waals surface area (Å²) in [6.45, 7) is 0. The Bertz CT molecular complexity index is 378. The third-order valence-corrected chi connectivity index (χ3v) is 2.18. The summed E-state index contributed by atoms with van der Waals surface area (Å²) in [4.78, 5) is 0. The second-order valence-electron chi connectivity index (χ2n) is 2.97. The molecule has 0 fully saturated rings. The van der Waals surface area contributed by atoms with Gasteiger partial charge in [-0.3, -0.25) is 0 Å². The smallest absolute Gasteiger partial charge is 0.143 e. The van der Waals surface area contributed by atoms with Gasteiger partial charge in [0.05, 0.1) is 0 Å². The van der Waals surface area contributed by atoms with Crippen molar-refractivity contribution in [1.29, 1.82) is 0 Å². The van der Waals surface area contributed by atoms with Gasteiger partial charge in [-0.15, -0.1) is 0 Å². The van der Waals surface area contributed by atoms with Gasteiger partial charge >= 0.3 is 0 Å². The van der Waals surface area contributed by atoms with E-state index in [1.165, 1.54) is 0 Å². The average molecular weight is 155 g/mol. The van der Waals surface area contributed by atoms with Crippen LogP contribution in [0, 0.1) is 6.08 Å². The molecule has 0 saturated carbocycles. The van der Waals surface area contributed by atoms with Crippen molar-refractivity contribution in [2.24, 2.45) is 0 Å². The molecule has 12 heavy (non-hydrogen) atoms. The van der Waals surface area contributed by atoms with Crippen LogP contribution in [-0.4, -0.2) is 6.10 Å². The van der Waals surface area contributed by atoms with Gasteiger partial charge in [-0.1, -0.05) is 24.3 Å². The summed E-state index contributed by atoms with van der Waals surface area (Å²) in [6, 6.07) is 0. The van der Waals surface area contributed by atoms with Crippen LogP contribution in [0.15, 0.2) is 53.4 Å². The van der Waals surface area contributed by atoms with Gasteiger partial charge in [-0.25, -0.2) is 0 Å². The van der Waals surface area contributed by atoms with E-state index in [1.54, 1.807) is 0 Å². The lowest BCUT2D eigenvalue weighted by atomic mass is 10.1. The van der Waals surface area contributed by atoms with Crippen molar-refractivity contribution in [2.45, 2.75) is 6.10 Å². The van der Waals surface area contributed by atoms with E-state index in [4.69, 9.17) is 4.74 Å². The molecule has 3 aliphatic rings. The molecule has 2 aliphatic carbocycles. The van der Waals surface area contributed by atoms with Gasteiger partial charge in [0.2, 0.25) is 0 Å². The first kappa shape index (κ1) is 6.06. The molecule has 1 atom stereocenters. The van der Waals surface area contributed by atoms with Crippen LogP contribution in [-0.2, 0) is 4.74 Å². The van der Waals surface area contributed by atoms with Crippen molar-refractivity contribution in [3.63, 3.8) is 0 Å². The summed E-state index contributed by atoms with van der Waals surface area (Å²) >= 11 is 0. The van der Waals surface area contributed by atoms with Crippen molar-refractivity contribution in [1.82, 2.24) is 0 Å². The molecule has 1 radical (unpaired) electrons. The number of hydrogen-bond acceptors (Lipinski definition) is 1. The Hall–Kier alpha value is -1.50. The third kappa shape index (κ3) is 0.681. The molecule has 1 heterocycles. The van der Waals surface area contributed by atoms with E-state index in [2.05, 4.69) is 6.08 Å². The van der Waals surface area contributed by atoms with Crippen molar-refractivity contribution in [3.05, 3.63) is 59.4 Å². The zero-order valence-electron chi connectivity index (χ0n) is 6.45. The molecule has 0 bridgehead atoms. The highest BCUT2D eigenvalue weighted by atomic mass is 16.5. The van der Waals surface area contributed by atoms with Gasteiger partial charge in [0.15, 0.2) is 0 Å². The molecule has 1 heteroatoms. The standard InChI is InChI=1S/C11H7O/c1-3-8-7-9-4-2-6-11(9)12-10(8)5-1/h1-6,10H. The van der Waals surface area contributed by atoms with Crippen molar-refractivity contribution >= 4 is 0 Å². The van der Waals surface area contributed by atoms with Gasteiger partial charge in [0.25, 0.3) is 0 Å². The van der Waals surface area contributed by atoms with Gasteiger partial charge in [-0.05, 0) is 12.2 Å². The summed E-state index contributed by atoms with van der Waals surface area (Å²) in [5, 5.41) is 0. The van der Waals surface area contributed by atoms with E-state index in [0.717, 1.165) is 16.9 Å². The third-order valence-electron chi connectivity index (χ3n) is 2.18. The van der Waals surface area contributed by atoms with Crippen LogP contribution >= 0.6 is 0 Å².